The lowest BCUT2D eigenvalue weighted by Crippen LogP contribution is -2.13. The molecule has 0 fully saturated rings. The van der Waals surface area contributed by atoms with Gasteiger partial charge in [0, 0.05) is 21.3 Å². The standard InChI is InChI=1S/C20H20BrNO2/c1-5-16-12(3)19(23)18-13(4)20(11(2)9-17(18)22-16)24-15-8-6-7-14(21)10-15/h6-10H,5H2,1-4H3,(H,22,23). The number of ether oxygens (including phenoxy) is 1. The summed E-state index contributed by atoms with van der Waals surface area (Å²) in [5, 5.41) is 0.709. The van der Waals surface area contributed by atoms with Crippen LogP contribution in [0.15, 0.2) is 39.6 Å². The molecule has 3 nitrogen and oxygen atoms in total. The molecule has 3 rings (SSSR count). The van der Waals surface area contributed by atoms with Gasteiger partial charge >= 0.3 is 0 Å². The van der Waals surface area contributed by atoms with Gasteiger partial charge in [-0.25, -0.2) is 0 Å². The van der Waals surface area contributed by atoms with Gasteiger partial charge in [-0.1, -0.05) is 28.9 Å². The van der Waals surface area contributed by atoms with E-state index in [1.165, 1.54) is 0 Å². The van der Waals surface area contributed by atoms with Gasteiger partial charge in [0.2, 0.25) is 0 Å². The highest BCUT2D eigenvalue weighted by molar-refractivity contribution is 9.10. The Hall–Kier alpha value is -2.07. The SMILES string of the molecule is CCc1[nH]c2cc(C)c(Oc3cccc(Br)c3)c(C)c2c(=O)c1C. The molecule has 0 spiro atoms. The number of benzene rings is 2. The zero-order valence-corrected chi connectivity index (χ0v) is 15.9. The van der Waals surface area contributed by atoms with Crippen LogP contribution in [0.1, 0.15) is 29.3 Å². The maximum absolute atomic E-state index is 12.8. The summed E-state index contributed by atoms with van der Waals surface area (Å²) in [6, 6.07) is 9.70. The number of hydrogen-bond acceptors (Lipinski definition) is 2. The fourth-order valence-corrected chi connectivity index (χ4v) is 3.47. The third-order valence-corrected chi connectivity index (χ3v) is 4.87. The molecule has 1 aromatic heterocycles. The smallest absolute Gasteiger partial charge is 0.192 e. The topological polar surface area (TPSA) is 42.1 Å². The fraction of sp³-hybridized carbons (Fsp3) is 0.250. The van der Waals surface area contributed by atoms with Crippen LogP contribution in [0.25, 0.3) is 10.9 Å². The minimum absolute atomic E-state index is 0.0807. The molecule has 4 heteroatoms. The van der Waals surface area contributed by atoms with Crippen LogP contribution in [0.4, 0.5) is 0 Å². The first-order valence-corrected chi connectivity index (χ1v) is 8.80. The second-order valence-electron chi connectivity index (χ2n) is 6.04. The van der Waals surface area contributed by atoms with Gasteiger partial charge in [-0.05, 0) is 57.0 Å². The van der Waals surface area contributed by atoms with Crippen molar-refractivity contribution in [2.75, 3.05) is 0 Å². The fourth-order valence-electron chi connectivity index (χ4n) is 3.10. The largest absolute Gasteiger partial charge is 0.457 e. The Morgan fingerprint density at radius 2 is 1.88 bits per heavy atom. The summed E-state index contributed by atoms with van der Waals surface area (Å²) in [6.07, 6.45) is 0.811. The summed E-state index contributed by atoms with van der Waals surface area (Å²) in [5.74, 6) is 1.49. The van der Waals surface area contributed by atoms with Crippen LogP contribution >= 0.6 is 15.9 Å². The number of halogens is 1. The molecule has 2 aromatic carbocycles. The molecule has 0 aliphatic carbocycles. The van der Waals surface area contributed by atoms with Crippen LogP contribution < -0.4 is 10.2 Å². The number of H-pyrrole nitrogens is 1. The lowest BCUT2D eigenvalue weighted by Gasteiger charge is -2.16. The van der Waals surface area contributed by atoms with Gasteiger partial charge in [-0.2, -0.15) is 0 Å². The van der Waals surface area contributed by atoms with E-state index in [0.717, 1.165) is 50.3 Å². The van der Waals surface area contributed by atoms with Crippen molar-refractivity contribution in [3.63, 3.8) is 0 Å². The second kappa shape index (κ2) is 6.44. The maximum atomic E-state index is 12.8. The molecule has 0 unspecified atom stereocenters. The third kappa shape index (κ3) is 2.86. The average molecular weight is 386 g/mol. The summed E-state index contributed by atoms with van der Waals surface area (Å²) < 4.78 is 7.05. The molecular weight excluding hydrogens is 366 g/mol. The van der Waals surface area contributed by atoms with Crippen LogP contribution in [-0.4, -0.2) is 4.98 Å². The summed E-state index contributed by atoms with van der Waals surface area (Å²) in [6.45, 7) is 7.88. The minimum Gasteiger partial charge on any atom is -0.457 e. The molecule has 0 bridgehead atoms. The molecule has 0 saturated heterocycles. The van der Waals surface area contributed by atoms with Gasteiger partial charge in [-0.3, -0.25) is 4.79 Å². The first-order valence-electron chi connectivity index (χ1n) is 8.01. The van der Waals surface area contributed by atoms with E-state index in [1.54, 1.807) is 0 Å². The highest BCUT2D eigenvalue weighted by Crippen LogP contribution is 2.33. The van der Waals surface area contributed by atoms with Gasteiger partial charge in [0.15, 0.2) is 5.43 Å². The van der Waals surface area contributed by atoms with Gasteiger partial charge in [0.25, 0.3) is 0 Å². The molecule has 0 saturated carbocycles. The van der Waals surface area contributed by atoms with Crippen LogP contribution in [0.5, 0.6) is 11.5 Å². The van der Waals surface area contributed by atoms with Crippen molar-refractivity contribution in [2.45, 2.75) is 34.1 Å². The van der Waals surface area contributed by atoms with Crippen LogP contribution in [0.2, 0.25) is 0 Å². The van der Waals surface area contributed by atoms with E-state index >= 15 is 0 Å². The number of aromatic amines is 1. The Morgan fingerprint density at radius 1 is 1.12 bits per heavy atom. The first-order chi connectivity index (χ1) is 11.4. The van der Waals surface area contributed by atoms with Gasteiger partial charge in [0.05, 0.1) is 10.9 Å². The molecule has 0 radical (unpaired) electrons. The lowest BCUT2D eigenvalue weighted by molar-refractivity contribution is 0.475. The second-order valence-corrected chi connectivity index (χ2v) is 6.96. The number of nitrogens with one attached hydrogen (secondary N) is 1. The molecule has 0 aliphatic heterocycles. The highest BCUT2D eigenvalue weighted by Gasteiger charge is 2.15. The molecule has 0 amide bonds. The third-order valence-electron chi connectivity index (χ3n) is 4.38. The minimum atomic E-state index is 0.0807. The van der Waals surface area contributed by atoms with Crippen molar-refractivity contribution >= 4 is 26.8 Å². The molecule has 24 heavy (non-hydrogen) atoms. The van der Waals surface area contributed by atoms with Crippen molar-refractivity contribution in [3.8, 4) is 11.5 Å². The van der Waals surface area contributed by atoms with Gasteiger partial charge < -0.3 is 9.72 Å². The lowest BCUT2D eigenvalue weighted by atomic mass is 10.0. The van der Waals surface area contributed by atoms with Crippen LogP contribution in [-0.2, 0) is 6.42 Å². The van der Waals surface area contributed by atoms with E-state index in [9.17, 15) is 4.79 Å². The quantitative estimate of drug-likeness (QED) is 0.639. The summed E-state index contributed by atoms with van der Waals surface area (Å²) >= 11 is 3.45. The van der Waals surface area contributed by atoms with Crippen LogP contribution in [0.3, 0.4) is 0 Å². The molecular formula is C20H20BrNO2. The highest BCUT2D eigenvalue weighted by atomic mass is 79.9. The van der Waals surface area contributed by atoms with Crippen molar-refractivity contribution < 1.29 is 4.74 Å². The van der Waals surface area contributed by atoms with Crippen molar-refractivity contribution in [2.24, 2.45) is 0 Å². The molecule has 0 aliphatic rings. The Bertz CT molecular complexity index is 989. The zero-order chi connectivity index (χ0) is 17.4. The number of aromatic nitrogens is 1. The van der Waals surface area contributed by atoms with E-state index in [-0.39, 0.29) is 5.43 Å². The number of hydrogen-bond donors (Lipinski definition) is 1. The predicted molar refractivity (Wildman–Crippen MR) is 102 cm³/mol. The van der Waals surface area contributed by atoms with E-state index in [0.29, 0.717) is 5.39 Å². The van der Waals surface area contributed by atoms with E-state index < -0.39 is 0 Å². The molecule has 0 atom stereocenters. The molecule has 1 N–H and O–H groups in total. The van der Waals surface area contributed by atoms with Crippen molar-refractivity contribution in [3.05, 3.63) is 67.4 Å². The Labute approximate surface area is 149 Å². The Kier molecular flexibility index (Phi) is 4.50. The molecule has 124 valence electrons. The predicted octanol–water partition coefficient (Wildman–Crippen LogP) is 5.57. The number of fused-ring (bicyclic) bond motifs is 1. The monoisotopic (exact) mass is 385 g/mol. The Morgan fingerprint density at radius 3 is 2.54 bits per heavy atom. The Balaban J connectivity index is 2.23. The zero-order valence-electron chi connectivity index (χ0n) is 14.3. The summed E-state index contributed by atoms with van der Waals surface area (Å²) in [7, 11) is 0. The van der Waals surface area contributed by atoms with Crippen molar-refractivity contribution in [1.29, 1.82) is 0 Å². The average Bonchev–Trinajstić information content (AvgIpc) is 2.54. The van der Waals surface area contributed by atoms with E-state index in [1.807, 2.05) is 51.1 Å². The number of pyridine rings is 1. The number of aryl methyl sites for hydroxylation is 3. The first kappa shape index (κ1) is 16.8. The summed E-state index contributed by atoms with van der Waals surface area (Å²) in [4.78, 5) is 16.2. The van der Waals surface area contributed by atoms with Crippen molar-refractivity contribution in [1.82, 2.24) is 4.98 Å². The van der Waals surface area contributed by atoms with E-state index in [2.05, 4.69) is 27.8 Å². The molecule has 3 aromatic rings. The normalized spacial score (nSPS) is 11.0. The van der Waals surface area contributed by atoms with Gasteiger partial charge in [-0.15, -0.1) is 0 Å². The van der Waals surface area contributed by atoms with Gasteiger partial charge in [0.1, 0.15) is 11.5 Å². The maximum Gasteiger partial charge on any atom is 0.192 e. The number of rotatable bonds is 3. The molecule has 1 heterocycles. The summed E-state index contributed by atoms with van der Waals surface area (Å²) in [5.41, 5.74) is 4.60. The van der Waals surface area contributed by atoms with Crippen LogP contribution in [0, 0.1) is 20.8 Å². The van der Waals surface area contributed by atoms with E-state index in [4.69, 9.17) is 4.74 Å².